The van der Waals surface area contributed by atoms with Crippen LogP contribution in [0.3, 0.4) is 0 Å². The molecule has 0 spiro atoms. The summed E-state index contributed by atoms with van der Waals surface area (Å²) in [5.74, 6) is 0.805. The number of aromatic nitrogens is 4. The maximum atomic E-state index is 8.98. The Kier molecular flexibility index (Phi) is 5.14. The standard InChI is InChI=1S/C18H24N6O/c1-13(2)24-18-15(11-22-24)8-14(10-21-18)9-19-17-5-4-16(12-20-17)23(3)6-7-25/h4-5,8,10-13,25H,6-7,9H2,1-3H3,(H,19,20). The van der Waals surface area contributed by atoms with Crippen molar-refractivity contribution in [2.45, 2.75) is 26.4 Å². The Morgan fingerprint density at radius 1 is 1.20 bits per heavy atom. The van der Waals surface area contributed by atoms with Gasteiger partial charge in [0.2, 0.25) is 0 Å². The maximum Gasteiger partial charge on any atom is 0.157 e. The number of aliphatic hydroxyl groups excluding tert-OH is 1. The van der Waals surface area contributed by atoms with E-state index >= 15 is 0 Å². The van der Waals surface area contributed by atoms with E-state index in [0.717, 1.165) is 28.1 Å². The molecule has 0 saturated carbocycles. The van der Waals surface area contributed by atoms with Crippen LogP contribution in [-0.2, 0) is 6.54 Å². The minimum Gasteiger partial charge on any atom is -0.395 e. The van der Waals surface area contributed by atoms with Gasteiger partial charge in [0, 0.05) is 37.8 Å². The lowest BCUT2D eigenvalue weighted by molar-refractivity contribution is 0.304. The molecule has 0 atom stereocenters. The summed E-state index contributed by atoms with van der Waals surface area (Å²) in [6.07, 6.45) is 5.53. The lowest BCUT2D eigenvalue weighted by atomic mass is 10.2. The molecule has 2 N–H and O–H groups in total. The lowest BCUT2D eigenvalue weighted by Crippen LogP contribution is -2.21. The number of likely N-dealkylation sites (N-methyl/N-ethyl adjacent to an activating group) is 1. The van der Waals surface area contributed by atoms with E-state index in [4.69, 9.17) is 5.11 Å². The Morgan fingerprint density at radius 3 is 2.72 bits per heavy atom. The van der Waals surface area contributed by atoms with Crippen LogP contribution in [0, 0.1) is 0 Å². The lowest BCUT2D eigenvalue weighted by Gasteiger charge is -2.17. The van der Waals surface area contributed by atoms with Gasteiger partial charge in [-0.1, -0.05) is 0 Å². The summed E-state index contributed by atoms with van der Waals surface area (Å²) in [6, 6.07) is 6.32. The molecule has 3 aromatic rings. The molecule has 0 bridgehead atoms. The van der Waals surface area contributed by atoms with Gasteiger partial charge in [0.25, 0.3) is 0 Å². The summed E-state index contributed by atoms with van der Waals surface area (Å²) in [7, 11) is 1.93. The Hall–Kier alpha value is -2.67. The highest BCUT2D eigenvalue weighted by Gasteiger charge is 2.08. The Balaban J connectivity index is 1.66. The van der Waals surface area contributed by atoms with Crippen molar-refractivity contribution in [1.29, 1.82) is 0 Å². The first kappa shape index (κ1) is 17.2. The summed E-state index contributed by atoms with van der Waals surface area (Å²) in [5, 5.41) is 17.7. The fraction of sp³-hybridized carbons (Fsp3) is 0.389. The van der Waals surface area contributed by atoms with Crippen molar-refractivity contribution in [1.82, 2.24) is 19.7 Å². The third kappa shape index (κ3) is 3.88. The van der Waals surface area contributed by atoms with Gasteiger partial charge in [-0.25, -0.2) is 14.6 Å². The molecule has 0 amide bonds. The van der Waals surface area contributed by atoms with E-state index in [1.165, 1.54) is 0 Å². The number of nitrogens with one attached hydrogen (secondary N) is 1. The summed E-state index contributed by atoms with van der Waals surface area (Å²) in [6.45, 7) is 5.55. The highest BCUT2D eigenvalue weighted by molar-refractivity contribution is 5.75. The smallest absolute Gasteiger partial charge is 0.157 e. The predicted molar refractivity (Wildman–Crippen MR) is 99.8 cm³/mol. The highest BCUT2D eigenvalue weighted by Crippen LogP contribution is 2.18. The van der Waals surface area contributed by atoms with Crippen LogP contribution >= 0.6 is 0 Å². The first-order valence-electron chi connectivity index (χ1n) is 8.42. The number of anilines is 2. The Labute approximate surface area is 147 Å². The first-order valence-corrected chi connectivity index (χ1v) is 8.42. The number of fused-ring (bicyclic) bond motifs is 1. The second kappa shape index (κ2) is 7.48. The van der Waals surface area contributed by atoms with E-state index in [2.05, 4.69) is 40.3 Å². The van der Waals surface area contributed by atoms with Crippen LogP contribution < -0.4 is 10.2 Å². The quantitative estimate of drug-likeness (QED) is 0.688. The molecular formula is C18H24N6O. The zero-order valence-corrected chi connectivity index (χ0v) is 14.8. The van der Waals surface area contributed by atoms with Gasteiger partial charge in [0.15, 0.2) is 5.65 Å². The summed E-state index contributed by atoms with van der Waals surface area (Å²) >= 11 is 0. The molecule has 0 aliphatic heterocycles. The fourth-order valence-corrected chi connectivity index (χ4v) is 2.65. The molecule has 0 aliphatic rings. The zero-order chi connectivity index (χ0) is 17.8. The Morgan fingerprint density at radius 2 is 2.04 bits per heavy atom. The van der Waals surface area contributed by atoms with Crippen molar-refractivity contribution in [3.8, 4) is 0 Å². The fourth-order valence-electron chi connectivity index (χ4n) is 2.65. The number of hydrogen-bond acceptors (Lipinski definition) is 6. The van der Waals surface area contributed by atoms with Crippen molar-refractivity contribution >= 4 is 22.5 Å². The molecule has 3 heterocycles. The van der Waals surface area contributed by atoms with Crippen LogP contribution in [0.15, 0.2) is 36.8 Å². The van der Waals surface area contributed by atoms with Crippen molar-refractivity contribution in [3.63, 3.8) is 0 Å². The molecule has 7 heteroatoms. The molecule has 132 valence electrons. The van der Waals surface area contributed by atoms with Crippen LogP contribution in [0.4, 0.5) is 11.5 Å². The molecule has 0 saturated heterocycles. The number of nitrogens with zero attached hydrogens (tertiary/aromatic N) is 5. The van der Waals surface area contributed by atoms with Crippen LogP contribution in [0.5, 0.6) is 0 Å². The third-order valence-corrected chi connectivity index (χ3v) is 4.08. The number of pyridine rings is 2. The molecule has 0 aromatic carbocycles. The van der Waals surface area contributed by atoms with Crippen LogP contribution in [0.25, 0.3) is 11.0 Å². The number of aliphatic hydroxyl groups is 1. The van der Waals surface area contributed by atoms with E-state index in [1.54, 1.807) is 6.20 Å². The van der Waals surface area contributed by atoms with Crippen molar-refractivity contribution in [2.24, 2.45) is 0 Å². The SMILES string of the molecule is CC(C)n1ncc2cc(CNc3ccc(N(C)CCO)cn3)cnc21. The highest BCUT2D eigenvalue weighted by atomic mass is 16.3. The second-order valence-electron chi connectivity index (χ2n) is 6.34. The minimum atomic E-state index is 0.124. The van der Waals surface area contributed by atoms with E-state index in [1.807, 2.05) is 41.2 Å². The topological polar surface area (TPSA) is 79.1 Å². The van der Waals surface area contributed by atoms with E-state index in [-0.39, 0.29) is 6.61 Å². The van der Waals surface area contributed by atoms with Crippen LogP contribution in [0.1, 0.15) is 25.5 Å². The molecule has 3 aromatic heterocycles. The molecule has 3 rings (SSSR count). The van der Waals surface area contributed by atoms with Gasteiger partial charge in [0.05, 0.1) is 24.7 Å². The molecule has 25 heavy (non-hydrogen) atoms. The van der Waals surface area contributed by atoms with Gasteiger partial charge in [-0.15, -0.1) is 0 Å². The first-order chi connectivity index (χ1) is 12.1. The maximum absolute atomic E-state index is 8.98. The molecule has 0 aliphatic carbocycles. The summed E-state index contributed by atoms with van der Waals surface area (Å²) in [4.78, 5) is 10.9. The molecule has 0 radical (unpaired) electrons. The Bertz CT molecular complexity index is 827. The van der Waals surface area contributed by atoms with Gasteiger partial charge in [-0.2, -0.15) is 5.10 Å². The largest absolute Gasteiger partial charge is 0.395 e. The number of hydrogen-bond donors (Lipinski definition) is 2. The zero-order valence-electron chi connectivity index (χ0n) is 14.8. The second-order valence-corrected chi connectivity index (χ2v) is 6.34. The van der Waals surface area contributed by atoms with Crippen molar-refractivity contribution in [2.75, 3.05) is 30.4 Å². The van der Waals surface area contributed by atoms with Gasteiger partial charge in [-0.05, 0) is 37.6 Å². The monoisotopic (exact) mass is 340 g/mol. The van der Waals surface area contributed by atoms with E-state index < -0.39 is 0 Å². The van der Waals surface area contributed by atoms with E-state index in [0.29, 0.717) is 19.1 Å². The van der Waals surface area contributed by atoms with Gasteiger partial charge in [0.1, 0.15) is 5.82 Å². The van der Waals surface area contributed by atoms with Crippen LogP contribution in [-0.4, -0.2) is 45.1 Å². The van der Waals surface area contributed by atoms with E-state index in [9.17, 15) is 0 Å². The summed E-state index contributed by atoms with van der Waals surface area (Å²) < 4.78 is 1.93. The van der Waals surface area contributed by atoms with Crippen molar-refractivity contribution in [3.05, 3.63) is 42.4 Å². The molecule has 7 nitrogen and oxygen atoms in total. The predicted octanol–water partition coefficient (Wildman–Crippen LogP) is 2.45. The van der Waals surface area contributed by atoms with Crippen LogP contribution in [0.2, 0.25) is 0 Å². The number of rotatable bonds is 7. The minimum absolute atomic E-state index is 0.124. The molecule has 0 unspecified atom stereocenters. The van der Waals surface area contributed by atoms with Gasteiger partial charge >= 0.3 is 0 Å². The van der Waals surface area contributed by atoms with Crippen molar-refractivity contribution < 1.29 is 5.11 Å². The van der Waals surface area contributed by atoms with Gasteiger partial charge in [-0.3, -0.25) is 0 Å². The average Bonchev–Trinajstić information content (AvgIpc) is 3.04. The molecular weight excluding hydrogens is 316 g/mol. The normalized spacial score (nSPS) is 11.2. The average molecular weight is 340 g/mol. The van der Waals surface area contributed by atoms with Gasteiger partial charge < -0.3 is 15.3 Å². The molecule has 0 fully saturated rings. The summed E-state index contributed by atoms with van der Waals surface area (Å²) in [5.41, 5.74) is 2.97. The third-order valence-electron chi connectivity index (χ3n) is 4.08.